The van der Waals surface area contributed by atoms with Crippen molar-refractivity contribution in [2.24, 2.45) is 11.8 Å². The van der Waals surface area contributed by atoms with Crippen LogP contribution >= 0.6 is 0 Å². The summed E-state index contributed by atoms with van der Waals surface area (Å²) in [7, 11) is 0. The normalized spacial score (nSPS) is 26.1. The molecular weight excluding hydrogens is 324 g/mol. The first-order valence-electron chi connectivity index (χ1n) is 9.18. The summed E-state index contributed by atoms with van der Waals surface area (Å²) in [5, 5.41) is 3.81. The molecule has 0 aliphatic carbocycles. The standard InChI is InChI=1S/C18H26N2O5/c1-13-8-16(19-25-13)17(21)20-11-18(12-20)15(4-7-24-18)10-23-9-14-2-5-22-6-3-14/h8,14-15H,2-7,9-12H2,1H3/t15-/m0/s1. The molecule has 0 aromatic carbocycles. The van der Waals surface area contributed by atoms with Crippen molar-refractivity contribution < 1.29 is 23.5 Å². The molecule has 3 aliphatic rings. The predicted molar refractivity (Wildman–Crippen MR) is 88.3 cm³/mol. The summed E-state index contributed by atoms with van der Waals surface area (Å²) in [5.74, 6) is 1.53. The number of carbonyl (C=O) groups is 1. The molecule has 138 valence electrons. The Bertz CT molecular complexity index is 604. The second-order valence-corrected chi connectivity index (χ2v) is 7.48. The predicted octanol–water partition coefficient (Wildman–Crippen LogP) is 1.66. The maximum Gasteiger partial charge on any atom is 0.276 e. The third kappa shape index (κ3) is 3.45. The van der Waals surface area contributed by atoms with E-state index < -0.39 is 0 Å². The van der Waals surface area contributed by atoms with Gasteiger partial charge in [-0.3, -0.25) is 4.79 Å². The third-order valence-electron chi connectivity index (χ3n) is 5.66. The minimum absolute atomic E-state index is 0.0835. The number of aryl methyl sites for hydroxylation is 1. The van der Waals surface area contributed by atoms with Crippen molar-refractivity contribution in [1.29, 1.82) is 0 Å². The van der Waals surface area contributed by atoms with Gasteiger partial charge in [-0.15, -0.1) is 0 Å². The lowest BCUT2D eigenvalue weighted by molar-refractivity contribution is -0.130. The smallest absolute Gasteiger partial charge is 0.276 e. The number of hydrogen-bond donors (Lipinski definition) is 0. The van der Waals surface area contributed by atoms with Crippen LogP contribution in [-0.2, 0) is 14.2 Å². The van der Waals surface area contributed by atoms with E-state index in [4.69, 9.17) is 18.7 Å². The molecule has 7 nitrogen and oxygen atoms in total. The van der Waals surface area contributed by atoms with E-state index in [1.165, 1.54) is 0 Å². The van der Waals surface area contributed by atoms with Crippen LogP contribution < -0.4 is 0 Å². The molecule has 3 saturated heterocycles. The number of likely N-dealkylation sites (tertiary alicyclic amines) is 1. The third-order valence-corrected chi connectivity index (χ3v) is 5.66. The molecule has 3 fully saturated rings. The number of carbonyl (C=O) groups excluding carboxylic acids is 1. The Morgan fingerprint density at radius 2 is 2.08 bits per heavy atom. The first-order chi connectivity index (χ1) is 12.2. The first-order valence-corrected chi connectivity index (χ1v) is 9.18. The molecule has 1 amide bonds. The Kier molecular flexibility index (Phi) is 4.80. The molecule has 1 atom stereocenters. The average molecular weight is 350 g/mol. The monoisotopic (exact) mass is 350 g/mol. The van der Waals surface area contributed by atoms with E-state index in [0.29, 0.717) is 43.0 Å². The topological polar surface area (TPSA) is 74.0 Å². The molecule has 1 aromatic heterocycles. The lowest BCUT2D eigenvalue weighted by Crippen LogP contribution is -2.66. The molecule has 0 bridgehead atoms. The minimum atomic E-state index is -0.232. The SMILES string of the molecule is Cc1cc(C(=O)N2CC3(C2)OCC[C@H]3COCC2CCOCC2)no1. The lowest BCUT2D eigenvalue weighted by atomic mass is 9.81. The van der Waals surface area contributed by atoms with Crippen molar-refractivity contribution in [3.63, 3.8) is 0 Å². The zero-order valence-corrected chi connectivity index (χ0v) is 14.7. The van der Waals surface area contributed by atoms with E-state index in [1.807, 2.05) is 0 Å². The molecule has 4 rings (SSSR count). The summed E-state index contributed by atoms with van der Waals surface area (Å²) in [6.07, 6.45) is 3.18. The van der Waals surface area contributed by atoms with Gasteiger partial charge >= 0.3 is 0 Å². The summed E-state index contributed by atoms with van der Waals surface area (Å²) < 4.78 is 22.4. The van der Waals surface area contributed by atoms with Crippen molar-refractivity contribution in [2.45, 2.75) is 31.8 Å². The quantitative estimate of drug-likeness (QED) is 0.804. The van der Waals surface area contributed by atoms with Gasteiger partial charge in [0.1, 0.15) is 11.4 Å². The second kappa shape index (κ2) is 7.05. The Morgan fingerprint density at radius 1 is 1.28 bits per heavy atom. The van der Waals surface area contributed by atoms with Crippen LogP contribution in [0.25, 0.3) is 0 Å². The van der Waals surface area contributed by atoms with Crippen molar-refractivity contribution >= 4 is 5.91 Å². The van der Waals surface area contributed by atoms with Crippen LogP contribution in [0, 0.1) is 18.8 Å². The van der Waals surface area contributed by atoms with Gasteiger partial charge in [-0.1, -0.05) is 5.16 Å². The highest BCUT2D eigenvalue weighted by Gasteiger charge is 2.54. The lowest BCUT2D eigenvalue weighted by Gasteiger charge is -2.49. The van der Waals surface area contributed by atoms with Crippen LogP contribution in [0.15, 0.2) is 10.6 Å². The Labute approximate surface area is 147 Å². The van der Waals surface area contributed by atoms with Gasteiger partial charge in [0.2, 0.25) is 0 Å². The van der Waals surface area contributed by atoms with Crippen molar-refractivity contribution in [3.05, 3.63) is 17.5 Å². The fraction of sp³-hybridized carbons (Fsp3) is 0.778. The Balaban J connectivity index is 1.26. The largest absolute Gasteiger partial charge is 0.381 e. The Hall–Kier alpha value is -1.44. The zero-order chi connectivity index (χ0) is 17.3. The summed E-state index contributed by atoms with van der Waals surface area (Å²) in [6.45, 7) is 6.97. The van der Waals surface area contributed by atoms with Crippen LogP contribution in [0.3, 0.4) is 0 Å². The van der Waals surface area contributed by atoms with E-state index in [1.54, 1.807) is 17.9 Å². The summed E-state index contributed by atoms with van der Waals surface area (Å²) in [5.41, 5.74) is 0.141. The molecular formula is C18H26N2O5. The minimum Gasteiger partial charge on any atom is -0.381 e. The van der Waals surface area contributed by atoms with Crippen molar-refractivity contribution in [3.8, 4) is 0 Å². The van der Waals surface area contributed by atoms with E-state index in [0.717, 1.165) is 45.7 Å². The van der Waals surface area contributed by atoms with E-state index in [2.05, 4.69) is 5.16 Å². The van der Waals surface area contributed by atoms with Gasteiger partial charge in [-0.25, -0.2) is 0 Å². The zero-order valence-electron chi connectivity index (χ0n) is 14.7. The maximum atomic E-state index is 12.4. The fourth-order valence-electron chi connectivity index (χ4n) is 4.03. The van der Waals surface area contributed by atoms with Gasteiger partial charge in [0.25, 0.3) is 5.91 Å². The summed E-state index contributed by atoms with van der Waals surface area (Å²) in [4.78, 5) is 14.2. The highest BCUT2D eigenvalue weighted by Crippen LogP contribution is 2.40. The molecule has 0 radical (unpaired) electrons. The maximum absolute atomic E-state index is 12.4. The number of aromatic nitrogens is 1. The molecule has 7 heteroatoms. The van der Waals surface area contributed by atoms with Crippen LogP contribution in [0.1, 0.15) is 35.5 Å². The van der Waals surface area contributed by atoms with Gasteiger partial charge in [0.15, 0.2) is 5.69 Å². The number of nitrogens with zero attached hydrogens (tertiary/aromatic N) is 2. The van der Waals surface area contributed by atoms with Crippen molar-refractivity contribution in [2.75, 3.05) is 46.1 Å². The average Bonchev–Trinajstić information content (AvgIpc) is 3.20. The number of ether oxygens (including phenoxy) is 3. The van der Waals surface area contributed by atoms with Crippen LogP contribution in [-0.4, -0.2) is 67.7 Å². The number of amides is 1. The first kappa shape index (κ1) is 17.0. The highest BCUT2D eigenvalue weighted by atomic mass is 16.5. The molecule has 3 aliphatic heterocycles. The van der Waals surface area contributed by atoms with Gasteiger partial charge in [-0.2, -0.15) is 0 Å². The van der Waals surface area contributed by atoms with E-state index >= 15 is 0 Å². The van der Waals surface area contributed by atoms with Crippen molar-refractivity contribution in [1.82, 2.24) is 10.1 Å². The van der Waals surface area contributed by atoms with Gasteiger partial charge in [0, 0.05) is 38.4 Å². The fourth-order valence-corrected chi connectivity index (χ4v) is 4.03. The molecule has 0 unspecified atom stereocenters. The number of rotatable bonds is 5. The number of hydrogen-bond acceptors (Lipinski definition) is 6. The van der Waals surface area contributed by atoms with Gasteiger partial charge in [0.05, 0.1) is 19.7 Å². The van der Waals surface area contributed by atoms with Crippen LogP contribution in [0.4, 0.5) is 0 Å². The van der Waals surface area contributed by atoms with Gasteiger partial charge in [-0.05, 0) is 32.1 Å². The molecule has 1 aromatic rings. The summed E-state index contributed by atoms with van der Waals surface area (Å²) in [6, 6.07) is 1.68. The van der Waals surface area contributed by atoms with Gasteiger partial charge < -0.3 is 23.6 Å². The van der Waals surface area contributed by atoms with E-state index in [-0.39, 0.29) is 11.5 Å². The van der Waals surface area contributed by atoms with E-state index in [9.17, 15) is 4.79 Å². The van der Waals surface area contributed by atoms with Crippen LogP contribution in [0.2, 0.25) is 0 Å². The second-order valence-electron chi connectivity index (χ2n) is 7.48. The molecule has 25 heavy (non-hydrogen) atoms. The summed E-state index contributed by atoms with van der Waals surface area (Å²) >= 11 is 0. The molecule has 1 spiro atoms. The van der Waals surface area contributed by atoms with Crippen LogP contribution in [0.5, 0.6) is 0 Å². The highest BCUT2D eigenvalue weighted by molar-refractivity contribution is 5.93. The molecule has 0 N–H and O–H groups in total. The molecule has 4 heterocycles. The Morgan fingerprint density at radius 3 is 2.80 bits per heavy atom. The molecule has 0 saturated carbocycles.